The first-order chi connectivity index (χ1) is 9.51. The van der Waals surface area contributed by atoms with E-state index in [9.17, 15) is 9.90 Å². The van der Waals surface area contributed by atoms with Crippen LogP contribution in [0.25, 0.3) is 0 Å². The molecule has 3 N–H and O–H groups in total. The Labute approximate surface area is 124 Å². The zero-order chi connectivity index (χ0) is 15.0. The van der Waals surface area contributed by atoms with Gasteiger partial charge in [0.15, 0.2) is 5.16 Å². The fraction of sp³-hybridized carbons (Fsp3) is 0.714. The van der Waals surface area contributed by atoms with E-state index in [0.717, 1.165) is 25.1 Å². The summed E-state index contributed by atoms with van der Waals surface area (Å²) in [6, 6.07) is 1.54. The topological polar surface area (TPSA) is 78.0 Å². The molecule has 0 amide bonds. The summed E-state index contributed by atoms with van der Waals surface area (Å²) in [5, 5.41) is 13.7. The van der Waals surface area contributed by atoms with Gasteiger partial charge in [0.05, 0.1) is 6.10 Å². The largest absolute Gasteiger partial charge is 0.391 e. The van der Waals surface area contributed by atoms with Crippen LogP contribution in [0.5, 0.6) is 0 Å². The van der Waals surface area contributed by atoms with Crippen molar-refractivity contribution >= 4 is 11.8 Å². The van der Waals surface area contributed by atoms with Crippen LogP contribution in [0.4, 0.5) is 0 Å². The fourth-order valence-electron chi connectivity index (χ4n) is 1.71. The SMILES string of the molecule is CCCc1cc(=O)[nH]c(SCC(O)CNCC(C)C)n1. The van der Waals surface area contributed by atoms with Crippen molar-refractivity contribution in [1.82, 2.24) is 15.3 Å². The van der Waals surface area contributed by atoms with Crippen LogP contribution in [-0.2, 0) is 6.42 Å². The number of aromatic nitrogens is 2. The lowest BCUT2D eigenvalue weighted by molar-refractivity contribution is 0.194. The number of hydrogen-bond donors (Lipinski definition) is 3. The normalized spacial score (nSPS) is 12.8. The second-order valence-corrected chi connectivity index (χ2v) is 6.32. The van der Waals surface area contributed by atoms with Gasteiger partial charge in [-0.05, 0) is 18.9 Å². The summed E-state index contributed by atoms with van der Waals surface area (Å²) in [4.78, 5) is 18.6. The molecule has 1 atom stereocenters. The molecule has 6 heteroatoms. The molecule has 5 nitrogen and oxygen atoms in total. The summed E-state index contributed by atoms with van der Waals surface area (Å²) < 4.78 is 0. The molecule has 1 unspecified atom stereocenters. The molecule has 0 aromatic carbocycles. The van der Waals surface area contributed by atoms with Crippen LogP contribution in [0, 0.1) is 5.92 Å². The van der Waals surface area contributed by atoms with E-state index in [1.165, 1.54) is 17.8 Å². The number of hydrogen-bond acceptors (Lipinski definition) is 5. The van der Waals surface area contributed by atoms with Crippen molar-refractivity contribution in [3.05, 3.63) is 22.1 Å². The monoisotopic (exact) mass is 299 g/mol. The molecule has 1 rings (SSSR count). The molecule has 1 aromatic heterocycles. The summed E-state index contributed by atoms with van der Waals surface area (Å²) in [5.41, 5.74) is 0.685. The van der Waals surface area contributed by atoms with E-state index in [4.69, 9.17) is 0 Å². The molecule has 0 aliphatic rings. The Morgan fingerprint density at radius 3 is 2.85 bits per heavy atom. The minimum atomic E-state index is -0.445. The number of rotatable bonds is 9. The van der Waals surface area contributed by atoms with E-state index in [-0.39, 0.29) is 5.56 Å². The van der Waals surface area contributed by atoms with Gasteiger partial charge in [-0.15, -0.1) is 0 Å². The van der Waals surface area contributed by atoms with E-state index >= 15 is 0 Å². The van der Waals surface area contributed by atoms with Gasteiger partial charge in [0, 0.05) is 24.1 Å². The number of H-pyrrole nitrogens is 1. The standard InChI is InChI=1S/C14H25N3O2S/c1-4-5-11-6-13(19)17-14(16-11)20-9-12(18)8-15-7-10(2)3/h6,10,12,15,18H,4-5,7-9H2,1-3H3,(H,16,17,19). The zero-order valence-corrected chi connectivity index (χ0v) is 13.3. The Morgan fingerprint density at radius 1 is 1.45 bits per heavy atom. The number of nitrogens with one attached hydrogen (secondary N) is 2. The summed E-state index contributed by atoms with van der Waals surface area (Å²) in [6.45, 7) is 7.76. The first-order valence-electron chi connectivity index (χ1n) is 7.13. The molecule has 0 saturated heterocycles. The summed E-state index contributed by atoms with van der Waals surface area (Å²) in [6.07, 6.45) is 1.32. The zero-order valence-electron chi connectivity index (χ0n) is 12.5. The van der Waals surface area contributed by atoms with Crippen molar-refractivity contribution in [2.75, 3.05) is 18.8 Å². The third-order valence-corrected chi connectivity index (χ3v) is 3.64. The minimum absolute atomic E-state index is 0.127. The van der Waals surface area contributed by atoms with E-state index in [2.05, 4.69) is 36.1 Å². The van der Waals surface area contributed by atoms with E-state index in [0.29, 0.717) is 23.4 Å². The molecule has 0 aliphatic carbocycles. The van der Waals surface area contributed by atoms with Crippen LogP contribution in [0.3, 0.4) is 0 Å². The third kappa shape index (κ3) is 7.07. The van der Waals surface area contributed by atoms with Crippen molar-refractivity contribution in [1.29, 1.82) is 0 Å². The number of aryl methyl sites for hydroxylation is 1. The van der Waals surface area contributed by atoms with Crippen molar-refractivity contribution in [2.45, 2.75) is 44.9 Å². The van der Waals surface area contributed by atoms with Crippen molar-refractivity contribution in [2.24, 2.45) is 5.92 Å². The van der Waals surface area contributed by atoms with Crippen molar-refractivity contribution < 1.29 is 5.11 Å². The Morgan fingerprint density at radius 2 is 2.20 bits per heavy atom. The highest BCUT2D eigenvalue weighted by molar-refractivity contribution is 7.99. The lowest BCUT2D eigenvalue weighted by atomic mass is 10.2. The van der Waals surface area contributed by atoms with Gasteiger partial charge in [-0.2, -0.15) is 0 Å². The maximum Gasteiger partial charge on any atom is 0.251 e. The van der Waals surface area contributed by atoms with Crippen molar-refractivity contribution in [3.63, 3.8) is 0 Å². The van der Waals surface area contributed by atoms with E-state index < -0.39 is 6.10 Å². The third-order valence-electron chi connectivity index (χ3n) is 2.62. The average molecular weight is 299 g/mol. The molecule has 0 radical (unpaired) electrons. The molecule has 0 bridgehead atoms. The predicted octanol–water partition coefficient (Wildman–Crippen LogP) is 1.42. The van der Waals surface area contributed by atoms with Crippen LogP contribution >= 0.6 is 11.8 Å². The van der Waals surface area contributed by atoms with Gasteiger partial charge < -0.3 is 15.4 Å². The van der Waals surface area contributed by atoms with Crippen LogP contribution in [0.2, 0.25) is 0 Å². The van der Waals surface area contributed by atoms with Crippen LogP contribution < -0.4 is 10.9 Å². The van der Waals surface area contributed by atoms with Gasteiger partial charge in [0.2, 0.25) is 0 Å². The van der Waals surface area contributed by atoms with Crippen LogP contribution in [0.15, 0.2) is 16.0 Å². The first kappa shape index (κ1) is 17.2. The number of thioether (sulfide) groups is 1. The average Bonchev–Trinajstić information content (AvgIpc) is 2.36. The molecule has 0 fully saturated rings. The summed E-state index contributed by atoms with van der Waals surface area (Å²) in [5.74, 6) is 1.09. The number of nitrogens with zero attached hydrogens (tertiary/aromatic N) is 1. The van der Waals surface area contributed by atoms with E-state index in [1.54, 1.807) is 0 Å². The molecule has 0 aliphatic heterocycles. The number of aliphatic hydroxyl groups excluding tert-OH is 1. The first-order valence-corrected chi connectivity index (χ1v) is 8.11. The number of aliphatic hydroxyl groups is 1. The molecule has 114 valence electrons. The van der Waals surface area contributed by atoms with Gasteiger partial charge in [0.25, 0.3) is 5.56 Å². The second-order valence-electron chi connectivity index (χ2n) is 5.31. The molecular formula is C14H25N3O2S. The van der Waals surface area contributed by atoms with Gasteiger partial charge >= 0.3 is 0 Å². The predicted molar refractivity (Wildman–Crippen MR) is 83.3 cm³/mol. The Bertz CT molecular complexity index is 448. The lowest BCUT2D eigenvalue weighted by Crippen LogP contribution is -2.31. The van der Waals surface area contributed by atoms with Gasteiger partial charge in [0.1, 0.15) is 0 Å². The summed E-state index contributed by atoms with van der Waals surface area (Å²) >= 11 is 1.38. The molecule has 0 spiro atoms. The Kier molecular flexibility index (Phi) is 7.87. The van der Waals surface area contributed by atoms with Gasteiger partial charge in [-0.25, -0.2) is 4.98 Å². The molecule has 20 heavy (non-hydrogen) atoms. The summed E-state index contributed by atoms with van der Waals surface area (Å²) in [7, 11) is 0. The molecule has 0 saturated carbocycles. The maximum absolute atomic E-state index is 11.5. The second kappa shape index (κ2) is 9.15. The van der Waals surface area contributed by atoms with Gasteiger partial charge in [-0.1, -0.05) is 39.0 Å². The highest BCUT2D eigenvalue weighted by atomic mass is 32.2. The van der Waals surface area contributed by atoms with Crippen LogP contribution in [0.1, 0.15) is 32.9 Å². The minimum Gasteiger partial charge on any atom is -0.391 e. The highest BCUT2D eigenvalue weighted by Crippen LogP contribution is 2.13. The van der Waals surface area contributed by atoms with Gasteiger partial charge in [-0.3, -0.25) is 4.79 Å². The van der Waals surface area contributed by atoms with Crippen molar-refractivity contribution in [3.8, 4) is 0 Å². The van der Waals surface area contributed by atoms with E-state index in [1.807, 2.05) is 0 Å². The quantitative estimate of drug-likeness (QED) is 0.475. The Hall–Kier alpha value is -0.850. The lowest BCUT2D eigenvalue weighted by Gasteiger charge is -2.12. The molecule has 1 aromatic rings. The maximum atomic E-state index is 11.5. The molecular weight excluding hydrogens is 274 g/mol. The smallest absolute Gasteiger partial charge is 0.251 e. The number of aromatic amines is 1. The highest BCUT2D eigenvalue weighted by Gasteiger charge is 2.07. The molecule has 1 heterocycles. The Balaban J connectivity index is 2.42. The fourth-order valence-corrected chi connectivity index (χ4v) is 2.53. The van der Waals surface area contributed by atoms with Crippen LogP contribution in [-0.4, -0.2) is 40.0 Å².